The predicted molar refractivity (Wildman–Crippen MR) is 62.4 cm³/mol. The van der Waals surface area contributed by atoms with Gasteiger partial charge in [0, 0.05) is 19.7 Å². The van der Waals surface area contributed by atoms with Crippen LogP contribution in [0.5, 0.6) is 5.75 Å². The Balaban J connectivity index is 2.62. The van der Waals surface area contributed by atoms with Crippen molar-refractivity contribution < 1.29 is 9.47 Å². The van der Waals surface area contributed by atoms with Crippen molar-refractivity contribution in [3.8, 4) is 5.75 Å². The van der Waals surface area contributed by atoms with Gasteiger partial charge < -0.3 is 20.5 Å². The molecule has 1 aromatic rings. The van der Waals surface area contributed by atoms with Crippen molar-refractivity contribution in [1.29, 1.82) is 0 Å². The van der Waals surface area contributed by atoms with E-state index in [2.05, 4.69) is 5.32 Å². The third-order valence-electron chi connectivity index (χ3n) is 2.24. The third-order valence-corrected chi connectivity index (χ3v) is 2.24. The lowest BCUT2D eigenvalue weighted by Crippen LogP contribution is -2.18. The van der Waals surface area contributed by atoms with E-state index < -0.39 is 0 Å². The summed E-state index contributed by atoms with van der Waals surface area (Å²) in [5.74, 6) is 0.762. The first-order valence-corrected chi connectivity index (χ1v) is 4.87. The second-order valence-electron chi connectivity index (χ2n) is 3.38. The van der Waals surface area contributed by atoms with Crippen molar-refractivity contribution >= 4 is 11.4 Å². The molecule has 0 saturated heterocycles. The van der Waals surface area contributed by atoms with Gasteiger partial charge in [-0.3, -0.25) is 0 Å². The van der Waals surface area contributed by atoms with Crippen LogP contribution in [-0.4, -0.2) is 26.9 Å². The fourth-order valence-electron chi connectivity index (χ4n) is 1.17. The largest absolute Gasteiger partial charge is 0.497 e. The van der Waals surface area contributed by atoms with Gasteiger partial charge in [0.1, 0.15) is 5.75 Å². The molecule has 1 atom stereocenters. The lowest BCUT2D eigenvalue weighted by atomic mass is 10.2. The maximum atomic E-state index is 5.84. The molecule has 1 unspecified atom stereocenters. The molecule has 4 nitrogen and oxygen atoms in total. The van der Waals surface area contributed by atoms with Crippen LogP contribution in [-0.2, 0) is 4.74 Å². The number of methoxy groups -OCH3 is 2. The summed E-state index contributed by atoms with van der Waals surface area (Å²) in [5, 5.41) is 3.21. The summed E-state index contributed by atoms with van der Waals surface area (Å²) in [6, 6.07) is 5.56. The summed E-state index contributed by atoms with van der Waals surface area (Å²) < 4.78 is 10.2. The Morgan fingerprint density at radius 1 is 1.40 bits per heavy atom. The molecule has 0 heterocycles. The number of benzene rings is 1. The van der Waals surface area contributed by atoms with E-state index in [1.165, 1.54) is 0 Å². The van der Waals surface area contributed by atoms with Gasteiger partial charge in [-0.25, -0.2) is 0 Å². The zero-order valence-corrected chi connectivity index (χ0v) is 9.41. The van der Waals surface area contributed by atoms with Crippen LogP contribution in [0.4, 0.5) is 11.4 Å². The molecule has 0 aliphatic heterocycles. The molecule has 1 rings (SSSR count). The Morgan fingerprint density at radius 2 is 2.13 bits per heavy atom. The van der Waals surface area contributed by atoms with Crippen LogP contribution < -0.4 is 15.8 Å². The van der Waals surface area contributed by atoms with Crippen molar-refractivity contribution in [2.24, 2.45) is 0 Å². The molecule has 4 heteroatoms. The van der Waals surface area contributed by atoms with E-state index in [0.717, 1.165) is 18.0 Å². The minimum atomic E-state index is 0.159. The fourth-order valence-corrected chi connectivity index (χ4v) is 1.17. The molecule has 1 aromatic carbocycles. The van der Waals surface area contributed by atoms with E-state index in [1.54, 1.807) is 20.3 Å². The topological polar surface area (TPSA) is 56.5 Å². The highest BCUT2D eigenvalue weighted by molar-refractivity contribution is 5.68. The number of anilines is 2. The van der Waals surface area contributed by atoms with Gasteiger partial charge in [-0.1, -0.05) is 0 Å². The number of nitrogen functional groups attached to an aromatic ring is 1. The molecule has 0 aromatic heterocycles. The lowest BCUT2D eigenvalue weighted by molar-refractivity contribution is 0.129. The zero-order valence-electron chi connectivity index (χ0n) is 9.41. The van der Waals surface area contributed by atoms with Gasteiger partial charge >= 0.3 is 0 Å². The Hall–Kier alpha value is -1.42. The van der Waals surface area contributed by atoms with Crippen molar-refractivity contribution in [2.45, 2.75) is 13.0 Å². The third kappa shape index (κ3) is 3.32. The van der Waals surface area contributed by atoms with Gasteiger partial charge in [-0.05, 0) is 19.1 Å². The molecule has 0 saturated carbocycles. The fraction of sp³-hybridized carbons (Fsp3) is 0.455. The Labute approximate surface area is 90.4 Å². The van der Waals surface area contributed by atoms with E-state index in [-0.39, 0.29) is 6.10 Å². The van der Waals surface area contributed by atoms with Crippen LogP contribution in [0.25, 0.3) is 0 Å². The molecular formula is C11H18N2O2. The van der Waals surface area contributed by atoms with E-state index in [9.17, 15) is 0 Å². The van der Waals surface area contributed by atoms with Gasteiger partial charge in [-0.15, -0.1) is 0 Å². The van der Waals surface area contributed by atoms with E-state index >= 15 is 0 Å². The molecule has 3 N–H and O–H groups in total. The summed E-state index contributed by atoms with van der Waals surface area (Å²) >= 11 is 0. The molecule has 0 radical (unpaired) electrons. The molecule has 0 bridgehead atoms. The SMILES string of the molecule is COc1ccc(NCC(C)OC)c(N)c1. The van der Waals surface area contributed by atoms with Crippen LogP contribution in [0.3, 0.4) is 0 Å². The van der Waals surface area contributed by atoms with Crippen LogP contribution >= 0.6 is 0 Å². The average Bonchev–Trinajstić information content (AvgIpc) is 2.26. The first-order chi connectivity index (χ1) is 7.17. The summed E-state index contributed by atoms with van der Waals surface area (Å²) in [7, 11) is 3.30. The minimum Gasteiger partial charge on any atom is -0.497 e. The standard InChI is InChI=1S/C11H18N2O2/c1-8(14-2)7-13-11-5-4-9(15-3)6-10(11)12/h4-6,8,13H,7,12H2,1-3H3. The molecule has 15 heavy (non-hydrogen) atoms. The number of rotatable bonds is 5. The van der Waals surface area contributed by atoms with Gasteiger partial charge in [0.15, 0.2) is 0 Å². The molecule has 0 fully saturated rings. The van der Waals surface area contributed by atoms with E-state index in [0.29, 0.717) is 5.69 Å². The van der Waals surface area contributed by atoms with Crippen LogP contribution in [0.15, 0.2) is 18.2 Å². The monoisotopic (exact) mass is 210 g/mol. The van der Waals surface area contributed by atoms with Gasteiger partial charge in [0.05, 0.1) is 24.6 Å². The summed E-state index contributed by atoms with van der Waals surface area (Å²) in [4.78, 5) is 0. The maximum absolute atomic E-state index is 5.84. The van der Waals surface area contributed by atoms with Crippen LogP contribution in [0, 0.1) is 0 Å². The smallest absolute Gasteiger partial charge is 0.121 e. The number of nitrogens with two attached hydrogens (primary N) is 1. The van der Waals surface area contributed by atoms with Crippen LogP contribution in [0.2, 0.25) is 0 Å². The summed E-state index contributed by atoms with van der Waals surface area (Å²) in [6.45, 7) is 2.72. The number of nitrogens with one attached hydrogen (secondary N) is 1. The highest BCUT2D eigenvalue weighted by Crippen LogP contribution is 2.23. The number of ether oxygens (including phenoxy) is 2. The van der Waals surface area contributed by atoms with E-state index in [4.69, 9.17) is 15.2 Å². The molecule has 0 aliphatic rings. The molecule has 0 spiro atoms. The highest BCUT2D eigenvalue weighted by Gasteiger charge is 2.03. The van der Waals surface area contributed by atoms with Gasteiger partial charge in [0.2, 0.25) is 0 Å². The minimum absolute atomic E-state index is 0.159. The maximum Gasteiger partial charge on any atom is 0.121 e. The van der Waals surface area contributed by atoms with Crippen molar-refractivity contribution in [1.82, 2.24) is 0 Å². The Bertz CT molecular complexity index is 315. The van der Waals surface area contributed by atoms with Gasteiger partial charge in [0.25, 0.3) is 0 Å². The molecule has 84 valence electrons. The Kier molecular flexibility index (Phi) is 4.24. The highest BCUT2D eigenvalue weighted by atomic mass is 16.5. The number of hydrogen-bond acceptors (Lipinski definition) is 4. The predicted octanol–water partition coefficient (Wildman–Crippen LogP) is 1.72. The normalized spacial score (nSPS) is 12.2. The van der Waals surface area contributed by atoms with E-state index in [1.807, 2.05) is 19.1 Å². The Morgan fingerprint density at radius 3 is 2.67 bits per heavy atom. The number of hydrogen-bond donors (Lipinski definition) is 2. The summed E-state index contributed by atoms with van der Waals surface area (Å²) in [5.41, 5.74) is 7.42. The molecule has 0 aliphatic carbocycles. The molecular weight excluding hydrogens is 192 g/mol. The zero-order chi connectivity index (χ0) is 11.3. The quantitative estimate of drug-likeness (QED) is 0.727. The van der Waals surface area contributed by atoms with Gasteiger partial charge in [-0.2, -0.15) is 0 Å². The average molecular weight is 210 g/mol. The first kappa shape index (κ1) is 11.7. The molecule has 0 amide bonds. The van der Waals surface area contributed by atoms with Crippen LogP contribution in [0.1, 0.15) is 6.92 Å². The van der Waals surface area contributed by atoms with Crippen molar-refractivity contribution in [3.63, 3.8) is 0 Å². The first-order valence-electron chi connectivity index (χ1n) is 4.87. The lowest BCUT2D eigenvalue weighted by Gasteiger charge is -2.14. The van der Waals surface area contributed by atoms with Crippen molar-refractivity contribution in [2.75, 3.05) is 31.8 Å². The second kappa shape index (κ2) is 5.46. The summed E-state index contributed by atoms with van der Waals surface area (Å²) in [6.07, 6.45) is 0.159. The van der Waals surface area contributed by atoms with Crippen molar-refractivity contribution in [3.05, 3.63) is 18.2 Å². The second-order valence-corrected chi connectivity index (χ2v) is 3.38.